The number of hydrogen-bond donors (Lipinski definition) is 0. The van der Waals surface area contributed by atoms with E-state index in [1.807, 2.05) is 13.1 Å². The first-order valence-corrected chi connectivity index (χ1v) is 6.36. The van der Waals surface area contributed by atoms with Crippen LogP contribution in [0, 0.1) is 13.8 Å². The number of nitrogens with zero attached hydrogens (tertiary/aromatic N) is 1. The van der Waals surface area contributed by atoms with Crippen LogP contribution in [-0.2, 0) is 7.05 Å². The van der Waals surface area contributed by atoms with Crippen molar-refractivity contribution >= 4 is 32.4 Å². The third-order valence-corrected chi connectivity index (χ3v) is 4.32. The van der Waals surface area contributed by atoms with Crippen LogP contribution in [0.15, 0.2) is 29.1 Å². The zero-order valence-corrected chi connectivity index (χ0v) is 10.9. The summed E-state index contributed by atoms with van der Waals surface area (Å²) >= 11 is 1.53. The molecule has 0 aliphatic rings. The van der Waals surface area contributed by atoms with E-state index in [1.165, 1.54) is 33.4 Å². The van der Waals surface area contributed by atoms with Crippen molar-refractivity contribution in [1.82, 2.24) is 3.96 Å². The smallest absolute Gasteiger partial charge is 0.268 e. The number of aryl methyl sites for hydroxylation is 3. The average molecular weight is 243 g/mol. The van der Waals surface area contributed by atoms with Crippen LogP contribution in [0.2, 0.25) is 0 Å². The van der Waals surface area contributed by atoms with Gasteiger partial charge in [0.1, 0.15) is 0 Å². The monoisotopic (exact) mass is 243 g/mol. The SMILES string of the molecule is Cc1cccc2c1c(C)cc1c(=O)n(C)sc12. The summed E-state index contributed by atoms with van der Waals surface area (Å²) in [5.74, 6) is 0. The number of aromatic nitrogens is 1. The van der Waals surface area contributed by atoms with Gasteiger partial charge >= 0.3 is 0 Å². The predicted molar refractivity (Wildman–Crippen MR) is 74.0 cm³/mol. The lowest BCUT2D eigenvalue weighted by atomic mass is 9.99. The summed E-state index contributed by atoms with van der Waals surface area (Å²) in [7, 11) is 1.82. The normalized spacial score (nSPS) is 11.5. The fourth-order valence-electron chi connectivity index (χ4n) is 2.48. The topological polar surface area (TPSA) is 22.0 Å². The Kier molecular flexibility index (Phi) is 2.13. The van der Waals surface area contributed by atoms with Gasteiger partial charge in [-0.2, -0.15) is 0 Å². The Morgan fingerprint density at radius 1 is 1.12 bits per heavy atom. The van der Waals surface area contributed by atoms with Gasteiger partial charge < -0.3 is 0 Å². The van der Waals surface area contributed by atoms with Gasteiger partial charge in [-0.05, 0) is 36.4 Å². The molecule has 0 radical (unpaired) electrons. The second-order valence-corrected chi connectivity index (χ2v) is 5.60. The van der Waals surface area contributed by atoms with Crippen LogP contribution in [0.5, 0.6) is 0 Å². The van der Waals surface area contributed by atoms with E-state index < -0.39 is 0 Å². The van der Waals surface area contributed by atoms with Crippen LogP contribution in [0.3, 0.4) is 0 Å². The molecule has 2 nitrogen and oxygen atoms in total. The summed E-state index contributed by atoms with van der Waals surface area (Å²) in [6.45, 7) is 4.19. The second kappa shape index (κ2) is 3.44. The van der Waals surface area contributed by atoms with Crippen molar-refractivity contribution in [2.75, 3.05) is 0 Å². The van der Waals surface area contributed by atoms with E-state index in [0.717, 1.165) is 10.1 Å². The van der Waals surface area contributed by atoms with Gasteiger partial charge in [-0.15, -0.1) is 0 Å². The minimum absolute atomic E-state index is 0.108. The number of benzene rings is 2. The first-order chi connectivity index (χ1) is 8.09. The molecule has 0 aliphatic carbocycles. The average Bonchev–Trinajstić information content (AvgIpc) is 2.57. The molecule has 0 atom stereocenters. The minimum Gasteiger partial charge on any atom is -0.268 e. The van der Waals surface area contributed by atoms with Crippen molar-refractivity contribution in [2.24, 2.45) is 7.05 Å². The Balaban J connectivity index is 2.70. The molecule has 3 heteroatoms. The van der Waals surface area contributed by atoms with Gasteiger partial charge in [-0.3, -0.25) is 8.75 Å². The fourth-order valence-corrected chi connectivity index (χ4v) is 3.45. The standard InChI is InChI=1S/C14H13NOS/c1-8-5-4-6-10-12(8)9(2)7-11-13(10)17-15(3)14(11)16/h4-7H,1-3H3. The molecular formula is C14H13NOS. The Bertz CT molecular complexity index is 795. The maximum Gasteiger partial charge on any atom is 0.268 e. The Morgan fingerprint density at radius 3 is 2.65 bits per heavy atom. The molecule has 86 valence electrons. The van der Waals surface area contributed by atoms with Crippen molar-refractivity contribution in [3.63, 3.8) is 0 Å². The van der Waals surface area contributed by atoms with Gasteiger partial charge in [-0.1, -0.05) is 29.7 Å². The van der Waals surface area contributed by atoms with Gasteiger partial charge in [0.15, 0.2) is 0 Å². The number of rotatable bonds is 0. The zero-order valence-electron chi connectivity index (χ0n) is 10.1. The van der Waals surface area contributed by atoms with Gasteiger partial charge in [0.25, 0.3) is 5.56 Å². The second-order valence-electron chi connectivity index (χ2n) is 4.46. The van der Waals surface area contributed by atoms with E-state index in [-0.39, 0.29) is 5.56 Å². The van der Waals surface area contributed by atoms with Gasteiger partial charge in [-0.25, -0.2) is 0 Å². The van der Waals surface area contributed by atoms with E-state index in [0.29, 0.717) is 0 Å². The van der Waals surface area contributed by atoms with Crippen molar-refractivity contribution in [3.8, 4) is 0 Å². The molecule has 0 fully saturated rings. The Hall–Kier alpha value is -1.61. The highest BCUT2D eigenvalue weighted by atomic mass is 32.1. The van der Waals surface area contributed by atoms with Crippen LogP contribution in [0.1, 0.15) is 11.1 Å². The van der Waals surface area contributed by atoms with E-state index in [9.17, 15) is 4.79 Å². The maximum absolute atomic E-state index is 12.0. The lowest BCUT2D eigenvalue weighted by molar-refractivity contribution is 0.989. The maximum atomic E-state index is 12.0. The summed E-state index contributed by atoms with van der Waals surface area (Å²) in [6.07, 6.45) is 0. The largest absolute Gasteiger partial charge is 0.268 e. The molecule has 0 amide bonds. The molecule has 0 saturated carbocycles. The lowest BCUT2D eigenvalue weighted by Crippen LogP contribution is -2.07. The molecule has 0 aliphatic heterocycles. The lowest BCUT2D eigenvalue weighted by Gasteiger charge is -2.06. The predicted octanol–water partition coefficient (Wildman–Crippen LogP) is 3.37. The zero-order chi connectivity index (χ0) is 12.2. The van der Waals surface area contributed by atoms with Crippen molar-refractivity contribution in [3.05, 3.63) is 45.7 Å². The van der Waals surface area contributed by atoms with Gasteiger partial charge in [0.05, 0.1) is 10.1 Å². The van der Waals surface area contributed by atoms with Gasteiger partial charge in [0.2, 0.25) is 0 Å². The molecule has 2 aromatic carbocycles. The molecule has 17 heavy (non-hydrogen) atoms. The van der Waals surface area contributed by atoms with Crippen molar-refractivity contribution in [1.29, 1.82) is 0 Å². The fraction of sp³-hybridized carbons (Fsp3) is 0.214. The number of hydrogen-bond acceptors (Lipinski definition) is 2. The Morgan fingerprint density at radius 2 is 1.88 bits per heavy atom. The van der Waals surface area contributed by atoms with E-state index in [2.05, 4.69) is 32.0 Å². The molecule has 1 aromatic heterocycles. The molecule has 0 unspecified atom stereocenters. The quantitative estimate of drug-likeness (QED) is 0.593. The van der Waals surface area contributed by atoms with Crippen LogP contribution >= 0.6 is 11.5 Å². The highest BCUT2D eigenvalue weighted by Crippen LogP contribution is 2.31. The highest BCUT2D eigenvalue weighted by Gasteiger charge is 2.11. The summed E-state index contributed by atoms with van der Waals surface area (Å²) in [6, 6.07) is 8.30. The Labute approximate surface area is 103 Å². The van der Waals surface area contributed by atoms with E-state index in [4.69, 9.17) is 0 Å². The van der Waals surface area contributed by atoms with E-state index in [1.54, 1.807) is 3.96 Å². The minimum atomic E-state index is 0.108. The van der Waals surface area contributed by atoms with Crippen molar-refractivity contribution in [2.45, 2.75) is 13.8 Å². The first-order valence-electron chi connectivity index (χ1n) is 5.58. The van der Waals surface area contributed by atoms with E-state index >= 15 is 0 Å². The molecule has 0 bridgehead atoms. The third kappa shape index (κ3) is 1.35. The molecular weight excluding hydrogens is 230 g/mol. The van der Waals surface area contributed by atoms with Crippen LogP contribution in [0.25, 0.3) is 20.9 Å². The number of fused-ring (bicyclic) bond motifs is 3. The summed E-state index contributed by atoms with van der Waals surface area (Å²) < 4.78 is 2.80. The van der Waals surface area contributed by atoms with Crippen LogP contribution in [0.4, 0.5) is 0 Å². The van der Waals surface area contributed by atoms with Gasteiger partial charge in [0, 0.05) is 12.4 Å². The molecule has 0 saturated heterocycles. The first kappa shape index (κ1) is 10.5. The van der Waals surface area contributed by atoms with Crippen molar-refractivity contribution < 1.29 is 0 Å². The molecule has 0 N–H and O–H groups in total. The third-order valence-electron chi connectivity index (χ3n) is 3.26. The summed E-state index contributed by atoms with van der Waals surface area (Å²) in [4.78, 5) is 12.0. The highest BCUT2D eigenvalue weighted by molar-refractivity contribution is 7.15. The molecule has 1 heterocycles. The summed E-state index contributed by atoms with van der Waals surface area (Å²) in [5.41, 5.74) is 2.56. The van der Waals surface area contributed by atoms with Crippen LogP contribution < -0.4 is 5.56 Å². The molecule has 3 aromatic rings. The molecule has 3 rings (SSSR count). The van der Waals surface area contributed by atoms with Crippen LogP contribution in [-0.4, -0.2) is 3.96 Å². The molecule has 0 spiro atoms. The summed E-state index contributed by atoms with van der Waals surface area (Å²) in [5, 5.41) is 3.32.